The average molecular weight is 387 g/mol. The second kappa shape index (κ2) is 8.74. The summed E-state index contributed by atoms with van der Waals surface area (Å²) < 4.78 is 0. The fraction of sp³-hybridized carbons (Fsp3) is 0.762. The van der Waals surface area contributed by atoms with E-state index < -0.39 is 0 Å². The van der Waals surface area contributed by atoms with Gasteiger partial charge in [0.2, 0.25) is 11.9 Å². The molecule has 1 aromatic rings. The van der Waals surface area contributed by atoms with Gasteiger partial charge in [-0.25, -0.2) is 9.97 Å². The average Bonchev–Trinajstić information content (AvgIpc) is 3.53. The molecule has 7 nitrogen and oxygen atoms in total. The highest BCUT2D eigenvalue weighted by molar-refractivity contribution is 5.79. The van der Waals surface area contributed by atoms with Gasteiger partial charge in [-0.1, -0.05) is 0 Å². The third-order valence-electron chi connectivity index (χ3n) is 6.32. The minimum atomic E-state index is 0.194. The van der Waals surface area contributed by atoms with E-state index in [1.54, 1.807) is 0 Å². The van der Waals surface area contributed by atoms with E-state index in [2.05, 4.69) is 25.1 Å². The molecular weight excluding hydrogens is 352 g/mol. The van der Waals surface area contributed by atoms with Crippen LogP contribution in [-0.4, -0.2) is 78.0 Å². The van der Waals surface area contributed by atoms with E-state index in [4.69, 9.17) is 0 Å². The molecule has 3 fully saturated rings. The Balaban J connectivity index is 1.23. The number of anilines is 1. The lowest BCUT2D eigenvalue weighted by molar-refractivity contribution is -0.127. The van der Waals surface area contributed by atoms with Gasteiger partial charge in [0.1, 0.15) is 0 Å². The number of piperidine rings is 2. The van der Waals surface area contributed by atoms with Crippen LogP contribution in [0.1, 0.15) is 44.1 Å². The van der Waals surface area contributed by atoms with Crippen LogP contribution in [0.2, 0.25) is 0 Å². The quantitative estimate of drug-likeness (QED) is 0.799. The molecule has 3 heterocycles. The van der Waals surface area contributed by atoms with Gasteiger partial charge in [-0.15, -0.1) is 0 Å². The number of amides is 1. The van der Waals surface area contributed by atoms with Gasteiger partial charge >= 0.3 is 0 Å². The summed E-state index contributed by atoms with van der Waals surface area (Å²) >= 11 is 0. The minimum absolute atomic E-state index is 0.194. The van der Waals surface area contributed by atoms with Gasteiger partial charge in [0.15, 0.2) is 0 Å². The van der Waals surface area contributed by atoms with Crippen molar-refractivity contribution < 1.29 is 4.79 Å². The van der Waals surface area contributed by atoms with Crippen LogP contribution in [0.4, 0.5) is 5.95 Å². The van der Waals surface area contributed by atoms with E-state index in [9.17, 15) is 4.79 Å². The lowest BCUT2D eigenvalue weighted by Crippen LogP contribution is -2.50. The number of rotatable bonds is 6. The third kappa shape index (κ3) is 5.00. The Morgan fingerprint density at radius 1 is 1.11 bits per heavy atom. The molecule has 1 saturated carbocycles. The standard InChI is InChI=1S/C21H34N6O/c1-25(2)21-22-12-16(13-23-21)14-26-10-7-19(8-11-26)27-9-3-4-17(15-27)20(28)24-18-5-6-18/h12-13,17-19H,3-11,14-15H2,1-2H3,(H,24,28)/t17-/m0/s1. The van der Waals surface area contributed by atoms with Gasteiger partial charge in [-0.05, 0) is 58.2 Å². The van der Waals surface area contributed by atoms with Gasteiger partial charge in [-0.2, -0.15) is 0 Å². The summed E-state index contributed by atoms with van der Waals surface area (Å²) in [4.78, 5) is 28.3. The monoisotopic (exact) mass is 386 g/mol. The maximum absolute atomic E-state index is 12.4. The molecule has 2 aliphatic heterocycles. The highest BCUT2D eigenvalue weighted by Gasteiger charge is 2.33. The van der Waals surface area contributed by atoms with Crippen molar-refractivity contribution in [2.45, 2.75) is 57.2 Å². The highest BCUT2D eigenvalue weighted by atomic mass is 16.2. The summed E-state index contributed by atoms with van der Waals surface area (Å²) in [5.74, 6) is 1.25. The number of aromatic nitrogens is 2. The molecule has 2 saturated heterocycles. The number of carbonyl (C=O) groups is 1. The molecule has 28 heavy (non-hydrogen) atoms. The number of hydrogen-bond acceptors (Lipinski definition) is 6. The van der Waals surface area contributed by atoms with Gasteiger partial charge in [0.25, 0.3) is 0 Å². The van der Waals surface area contributed by atoms with Crippen molar-refractivity contribution in [2.75, 3.05) is 45.2 Å². The van der Waals surface area contributed by atoms with E-state index in [0.29, 0.717) is 18.0 Å². The number of likely N-dealkylation sites (tertiary alicyclic amines) is 2. The first-order valence-corrected chi connectivity index (χ1v) is 10.8. The third-order valence-corrected chi connectivity index (χ3v) is 6.32. The molecule has 1 aromatic heterocycles. The van der Waals surface area contributed by atoms with Crippen molar-refractivity contribution in [3.8, 4) is 0 Å². The molecule has 0 radical (unpaired) electrons. The van der Waals surface area contributed by atoms with Crippen LogP contribution in [0, 0.1) is 5.92 Å². The molecule has 3 aliphatic rings. The largest absolute Gasteiger partial charge is 0.353 e. The molecule has 1 N–H and O–H groups in total. The van der Waals surface area contributed by atoms with E-state index in [-0.39, 0.29) is 5.92 Å². The molecule has 4 rings (SSSR count). The first-order valence-electron chi connectivity index (χ1n) is 10.8. The normalized spacial score (nSPS) is 24.9. The summed E-state index contributed by atoms with van der Waals surface area (Å²) in [7, 11) is 3.92. The number of hydrogen-bond donors (Lipinski definition) is 1. The Kier molecular flexibility index (Phi) is 6.11. The smallest absolute Gasteiger partial charge is 0.224 e. The molecule has 1 amide bonds. The van der Waals surface area contributed by atoms with E-state index >= 15 is 0 Å². The molecular formula is C21H34N6O. The summed E-state index contributed by atoms with van der Waals surface area (Å²) in [6.45, 7) is 5.23. The summed E-state index contributed by atoms with van der Waals surface area (Å²) in [5.41, 5.74) is 1.18. The molecule has 154 valence electrons. The lowest BCUT2D eigenvalue weighted by Gasteiger charge is -2.42. The zero-order chi connectivity index (χ0) is 19.5. The maximum Gasteiger partial charge on any atom is 0.224 e. The Hall–Kier alpha value is -1.73. The molecule has 1 atom stereocenters. The van der Waals surface area contributed by atoms with E-state index in [1.165, 1.54) is 31.2 Å². The van der Waals surface area contributed by atoms with Crippen molar-refractivity contribution in [1.29, 1.82) is 0 Å². The molecule has 0 spiro atoms. The predicted molar refractivity (Wildman–Crippen MR) is 110 cm³/mol. The molecule has 0 bridgehead atoms. The number of nitrogens with zero attached hydrogens (tertiary/aromatic N) is 5. The first-order chi connectivity index (χ1) is 13.6. The Morgan fingerprint density at radius 2 is 1.82 bits per heavy atom. The molecule has 7 heteroatoms. The second-order valence-corrected chi connectivity index (χ2v) is 8.91. The summed E-state index contributed by atoms with van der Waals surface area (Å²) in [6.07, 6.45) is 10.8. The zero-order valence-electron chi connectivity index (χ0n) is 17.3. The van der Waals surface area contributed by atoms with Crippen LogP contribution in [0.5, 0.6) is 0 Å². The highest BCUT2D eigenvalue weighted by Crippen LogP contribution is 2.26. The summed E-state index contributed by atoms with van der Waals surface area (Å²) in [5, 5.41) is 3.20. The number of carbonyl (C=O) groups excluding carboxylic acids is 1. The van der Waals surface area contributed by atoms with Gasteiger partial charge in [-0.3, -0.25) is 14.6 Å². The predicted octanol–water partition coefficient (Wildman–Crippen LogP) is 1.50. The second-order valence-electron chi connectivity index (χ2n) is 8.91. The van der Waals surface area contributed by atoms with Gasteiger partial charge < -0.3 is 10.2 Å². The van der Waals surface area contributed by atoms with Crippen LogP contribution in [0.3, 0.4) is 0 Å². The molecule has 0 aromatic carbocycles. The van der Waals surface area contributed by atoms with Crippen molar-refractivity contribution in [1.82, 2.24) is 25.1 Å². The van der Waals surface area contributed by atoms with Gasteiger partial charge in [0, 0.05) is 57.2 Å². The van der Waals surface area contributed by atoms with Crippen molar-refractivity contribution in [2.24, 2.45) is 5.92 Å². The van der Waals surface area contributed by atoms with Crippen molar-refractivity contribution in [3.63, 3.8) is 0 Å². The first kappa shape index (κ1) is 19.6. The molecule has 0 unspecified atom stereocenters. The van der Waals surface area contributed by atoms with Crippen molar-refractivity contribution >= 4 is 11.9 Å². The van der Waals surface area contributed by atoms with Crippen LogP contribution < -0.4 is 10.2 Å². The summed E-state index contributed by atoms with van der Waals surface area (Å²) in [6, 6.07) is 1.10. The van der Waals surface area contributed by atoms with Crippen molar-refractivity contribution in [3.05, 3.63) is 18.0 Å². The fourth-order valence-electron chi connectivity index (χ4n) is 4.46. The Morgan fingerprint density at radius 3 is 2.46 bits per heavy atom. The SMILES string of the molecule is CN(C)c1ncc(CN2CCC(N3CCC[C@H](C(=O)NC4CC4)C3)CC2)cn1. The van der Waals surface area contributed by atoms with E-state index in [1.807, 2.05) is 31.4 Å². The zero-order valence-corrected chi connectivity index (χ0v) is 17.3. The Bertz CT molecular complexity index is 651. The maximum atomic E-state index is 12.4. The van der Waals surface area contributed by atoms with Crippen LogP contribution >= 0.6 is 0 Å². The van der Waals surface area contributed by atoms with E-state index in [0.717, 1.165) is 51.5 Å². The van der Waals surface area contributed by atoms with Crippen LogP contribution in [0.15, 0.2) is 12.4 Å². The molecule has 1 aliphatic carbocycles. The number of nitrogens with one attached hydrogen (secondary N) is 1. The van der Waals surface area contributed by atoms with Crippen LogP contribution in [0.25, 0.3) is 0 Å². The van der Waals surface area contributed by atoms with Crippen LogP contribution in [-0.2, 0) is 11.3 Å². The minimum Gasteiger partial charge on any atom is -0.353 e. The Labute approximate surface area is 168 Å². The fourth-order valence-corrected chi connectivity index (χ4v) is 4.46. The lowest BCUT2D eigenvalue weighted by atomic mass is 9.93. The van der Waals surface area contributed by atoms with Gasteiger partial charge in [0.05, 0.1) is 5.92 Å². The topological polar surface area (TPSA) is 64.6 Å².